The first-order chi connectivity index (χ1) is 6.63. The molecule has 1 atom stereocenters. The molecule has 1 aromatic rings. The molecule has 14 heavy (non-hydrogen) atoms. The van der Waals surface area contributed by atoms with Gasteiger partial charge < -0.3 is 5.11 Å². The fourth-order valence-electron chi connectivity index (χ4n) is 1.39. The molecule has 0 radical (unpaired) electrons. The highest BCUT2D eigenvalue weighted by Crippen LogP contribution is 2.19. The quantitative estimate of drug-likeness (QED) is 0.820. The van der Waals surface area contributed by atoms with Crippen LogP contribution in [0.25, 0.3) is 0 Å². The molecular formula is C11H14ClFO. The highest BCUT2D eigenvalue weighted by Gasteiger charge is 2.08. The van der Waals surface area contributed by atoms with Crippen LogP contribution >= 0.6 is 11.6 Å². The fourth-order valence-corrected chi connectivity index (χ4v) is 1.58. The van der Waals surface area contributed by atoms with E-state index in [2.05, 4.69) is 0 Å². The minimum Gasteiger partial charge on any atom is -0.393 e. The number of hydrogen-bond donors (Lipinski definition) is 1. The Kier molecular flexibility index (Phi) is 4.36. The Bertz CT molecular complexity index is 301. The van der Waals surface area contributed by atoms with Gasteiger partial charge in [-0.25, -0.2) is 4.39 Å². The van der Waals surface area contributed by atoms with Gasteiger partial charge in [0.15, 0.2) is 0 Å². The molecule has 0 saturated carbocycles. The number of rotatable bonds is 4. The van der Waals surface area contributed by atoms with Crippen molar-refractivity contribution >= 4 is 11.6 Å². The lowest BCUT2D eigenvalue weighted by Crippen LogP contribution is -2.10. The summed E-state index contributed by atoms with van der Waals surface area (Å²) in [6.45, 7) is 2.00. The van der Waals surface area contributed by atoms with Gasteiger partial charge in [0, 0.05) is 5.02 Å². The summed E-state index contributed by atoms with van der Waals surface area (Å²) in [6, 6.07) is 4.21. The normalized spacial score (nSPS) is 12.9. The van der Waals surface area contributed by atoms with Crippen LogP contribution in [0.5, 0.6) is 0 Å². The average molecular weight is 217 g/mol. The van der Waals surface area contributed by atoms with Crippen LogP contribution in [0.2, 0.25) is 5.02 Å². The highest BCUT2D eigenvalue weighted by molar-refractivity contribution is 6.31. The summed E-state index contributed by atoms with van der Waals surface area (Å²) in [5.41, 5.74) is 0.674. The van der Waals surface area contributed by atoms with Gasteiger partial charge in [-0.05, 0) is 36.6 Å². The summed E-state index contributed by atoms with van der Waals surface area (Å²) in [6.07, 6.45) is 1.62. The molecule has 1 rings (SSSR count). The summed E-state index contributed by atoms with van der Waals surface area (Å²) in [7, 11) is 0. The molecule has 1 N–H and O–H groups in total. The summed E-state index contributed by atoms with van der Waals surface area (Å²) < 4.78 is 12.8. The van der Waals surface area contributed by atoms with Crippen LogP contribution < -0.4 is 0 Å². The molecule has 78 valence electrons. The van der Waals surface area contributed by atoms with Gasteiger partial charge in [-0.3, -0.25) is 0 Å². The first kappa shape index (κ1) is 11.5. The number of aliphatic hydroxyl groups is 1. The zero-order chi connectivity index (χ0) is 10.6. The second kappa shape index (κ2) is 5.32. The van der Waals surface area contributed by atoms with E-state index in [4.69, 9.17) is 11.6 Å². The van der Waals surface area contributed by atoms with E-state index in [0.717, 1.165) is 6.42 Å². The van der Waals surface area contributed by atoms with Gasteiger partial charge in [-0.15, -0.1) is 0 Å². The van der Waals surface area contributed by atoms with Gasteiger partial charge in [0.2, 0.25) is 0 Å². The Balaban J connectivity index is 2.70. The minimum absolute atomic E-state index is 0.312. The van der Waals surface area contributed by atoms with Crippen molar-refractivity contribution in [3.63, 3.8) is 0 Å². The van der Waals surface area contributed by atoms with Crippen molar-refractivity contribution in [2.75, 3.05) is 0 Å². The Labute approximate surface area is 88.5 Å². The van der Waals surface area contributed by atoms with Gasteiger partial charge in [0.1, 0.15) is 5.82 Å². The monoisotopic (exact) mass is 216 g/mol. The Hall–Kier alpha value is -0.600. The largest absolute Gasteiger partial charge is 0.393 e. The standard InChI is InChI=1S/C11H14ClFO/c1-2-3-10(14)7-8-6-9(13)4-5-11(8)12/h4-6,10,14H,2-3,7H2,1H3. The Morgan fingerprint density at radius 3 is 2.86 bits per heavy atom. The molecular weight excluding hydrogens is 203 g/mol. The topological polar surface area (TPSA) is 20.2 Å². The van der Waals surface area contributed by atoms with Crippen LogP contribution in [0.3, 0.4) is 0 Å². The molecule has 0 aliphatic carbocycles. The molecule has 0 fully saturated rings. The summed E-state index contributed by atoms with van der Waals surface area (Å²) in [4.78, 5) is 0. The molecule has 0 heterocycles. The van der Waals surface area contributed by atoms with Crippen LogP contribution in [0.4, 0.5) is 4.39 Å². The van der Waals surface area contributed by atoms with Crippen LogP contribution in [0.15, 0.2) is 18.2 Å². The van der Waals surface area contributed by atoms with Gasteiger partial charge in [0.25, 0.3) is 0 Å². The number of hydrogen-bond acceptors (Lipinski definition) is 1. The van der Waals surface area contributed by atoms with E-state index in [1.54, 1.807) is 0 Å². The van der Waals surface area contributed by atoms with Crippen LogP contribution in [0.1, 0.15) is 25.3 Å². The van der Waals surface area contributed by atoms with Crippen molar-refractivity contribution in [2.45, 2.75) is 32.3 Å². The summed E-state index contributed by atoms with van der Waals surface area (Å²) in [5, 5.41) is 10.1. The molecule has 0 aliphatic rings. The summed E-state index contributed by atoms with van der Waals surface area (Å²) in [5.74, 6) is -0.312. The third kappa shape index (κ3) is 3.28. The van der Waals surface area contributed by atoms with E-state index in [0.29, 0.717) is 23.4 Å². The smallest absolute Gasteiger partial charge is 0.123 e. The number of halogens is 2. The minimum atomic E-state index is -0.431. The molecule has 0 aliphatic heterocycles. The van der Waals surface area contributed by atoms with E-state index in [1.807, 2.05) is 6.92 Å². The maximum absolute atomic E-state index is 12.8. The molecule has 1 unspecified atom stereocenters. The lowest BCUT2D eigenvalue weighted by molar-refractivity contribution is 0.164. The number of aliphatic hydroxyl groups excluding tert-OH is 1. The third-order valence-electron chi connectivity index (χ3n) is 2.09. The van der Waals surface area contributed by atoms with E-state index >= 15 is 0 Å². The van der Waals surface area contributed by atoms with Crippen LogP contribution in [-0.2, 0) is 6.42 Å². The lowest BCUT2D eigenvalue weighted by atomic mass is 10.0. The zero-order valence-electron chi connectivity index (χ0n) is 8.13. The highest BCUT2D eigenvalue weighted by atomic mass is 35.5. The first-order valence-electron chi connectivity index (χ1n) is 4.75. The van der Waals surface area contributed by atoms with E-state index in [-0.39, 0.29) is 5.82 Å². The van der Waals surface area contributed by atoms with E-state index < -0.39 is 6.10 Å². The summed E-state index contributed by atoms with van der Waals surface area (Å²) >= 11 is 5.86. The second-order valence-electron chi connectivity index (χ2n) is 3.38. The maximum Gasteiger partial charge on any atom is 0.123 e. The molecule has 0 spiro atoms. The molecule has 0 bridgehead atoms. The van der Waals surface area contributed by atoms with Crippen molar-refractivity contribution in [3.05, 3.63) is 34.6 Å². The maximum atomic E-state index is 12.8. The van der Waals surface area contributed by atoms with Gasteiger partial charge in [-0.2, -0.15) is 0 Å². The molecule has 1 nitrogen and oxygen atoms in total. The van der Waals surface area contributed by atoms with Crippen molar-refractivity contribution in [2.24, 2.45) is 0 Å². The average Bonchev–Trinajstić information content (AvgIpc) is 2.12. The SMILES string of the molecule is CCCC(O)Cc1cc(F)ccc1Cl. The molecule has 0 amide bonds. The van der Waals surface area contributed by atoms with E-state index in [1.165, 1.54) is 18.2 Å². The molecule has 3 heteroatoms. The lowest BCUT2D eigenvalue weighted by Gasteiger charge is -2.10. The van der Waals surface area contributed by atoms with Gasteiger partial charge >= 0.3 is 0 Å². The van der Waals surface area contributed by atoms with Crippen molar-refractivity contribution in [1.82, 2.24) is 0 Å². The van der Waals surface area contributed by atoms with Crippen molar-refractivity contribution in [3.8, 4) is 0 Å². The van der Waals surface area contributed by atoms with Gasteiger partial charge in [0.05, 0.1) is 6.10 Å². The molecule has 0 aromatic heterocycles. The van der Waals surface area contributed by atoms with Gasteiger partial charge in [-0.1, -0.05) is 24.9 Å². The second-order valence-corrected chi connectivity index (χ2v) is 3.79. The Morgan fingerprint density at radius 2 is 2.21 bits per heavy atom. The predicted octanol–water partition coefficient (Wildman–Crippen LogP) is 3.18. The predicted molar refractivity (Wildman–Crippen MR) is 56.0 cm³/mol. The van der Waals surface area contributed by atoms with Crippen LogP contribution in [-0.4, -0.2) is 11.2 Å². The number of benzene rings is 1. The van der Waals surface area contributed by atoms with Crippen molar-refractivity contribution in [1.29, 1.82) is 0 Å². The van der Waals surface area contributed by atoms with Crippen molar-refractivity contribution < 1.29 is 9.50 Å². The molecule has 1 aromatic carbocycles. The third-order valence-corrected chi connectivity index (χ3v) is 2.45. The van der Waals surface area contributed by atoms with E-state index in [9.17, 15) is 9.50 Å². The Morgan fingerprint density at radius 1 is 1.50 bits per heavy atom. The molecule has 0 saturated heterocycles. The fraction of sp³-hybridized carbons (Fsp3) is 0.455. The first-order valence-corrected chi connectivity index (χ1v) is 5.13. The zero-order valence-corrected chi connectivity index (χ0v) is 8.89. The van der Waals surface area contributed by atoms with Crippen LogP contribution in [0, 0.1) is 5.82 Å².